The minimum atomic E-state index is -0.182. The summed E-state index contributed by atoms with van der Waals surface area (Å²) in [5, 5.41) is 4.49. The highest BCUT2D eigenvalue weighted by atomic mass is 35.5. The van der Waals surface area contributed by atoms with E-state index in [-0.39, 0.29) is 11.2 Å². The summed E-state index contributed by atoms with van der Waals surface area (Å²) in [5.41, 5.74) is 0.666. The highest BCUT2D eigenvalue weighted by molar-refractivity contribution is 8.00. The molecule has 0 amide bonds. The molecule has 82 valence electrons. The van der Waals surface area contributed by atoms with Crippen LogP contribution in [0, 0.1) is 5.82 Å². The third-order valence-corrected chi connectivity index (χ3v) is 4.12. The van der Waals surface area contributed by atoms with Gasteiger partial charge in [-0.3, -0.25) is 0 Å². The lowest BCUT2D eigenvalue weighted by molar-refractivity contribution is 0.560. The van der Waals surface area contributed by atoms with Gasteiger partial charge in [-0.2, -0.15) is 0 Å². The molecule has 1 aromatic carbocycles. The van der Waals surface area contributed by atoms with Crippen molar-refractivity contribution >= 4 is 23.4 Å². The molecule has 2 unspecified atom stereocenters. The van der Waals surface area contributed by atoms with Gasteiger partial charge in [0.15, 0.2) is 0 Å². The Labute approximate surface area is 98.4 Å². The molecule has 2 rings (SSSR count). The van der Waals surface area contributed by atoms with Crippen LogP contribution in [0.1, 0.15) is 24.3 Å². The molecule has 1 aliphatic rings. The third-order valence-electron chi connectivity index (χ3n) is 2.49. The van der Waals surface area contributed by atoms with Gasteiger partial charge < -0.3 is 5.32 Å². The summed E-state index contributed by atoms with van der Waals surface area (Å²) in [6.07, 6.45) is 1.13. The molecule has 1 aliphatic heterocycles. The van der Waals surface area contributed by atoms with Gasteiger partial charge in [0, 0.05) is 15.8 Å². The Morgan fingerprint density at radius 1 is 1.53 bits per heavy atom. The molecule has 1 fully saturated rings. The molecule has 1 saturated heterocycles. The first kappa shape index (κ1) is 11.2. The van der Waals surface area contributed by atoms with Crippen molar-refractivity contribution in [3.05, 3.63) is 34.6 Å². The van der Waals surface area contributed by atoms with Crippen molar-refractivity contribution in [3.8, 4) is 0 Å². The van der Waals surface area contributed by atoms with Gasteiger partial charge in [0.1, 0.15) is 5.82 Å². The zero-order valence-electron chi connectivity index (χ0n) is 8.47. The summed E-state index contributed by atoms with van der Waals surface area (Å²) in [6, 6.07) is 4.72. The normalized spacial score (nSPS) is 26.6. The molecular formula is C11H13ClFNS. The van der Waals surface area contributed by atoms with Crippen LogP contribution in [0.25, 0.3) is 0 Å². The van der Waals surface area contributed by atoms with Gasteiger partial charge >= 0.3 is 0 Å². The van der Waals surface area contributed by atoms with Gasteiger partial charge in [-0.05, 0) is 31.2 Å². The average molecular weight is 246 g/mol. The summed E-state index contributed by atoms with van der Waals surface area (Å²) >= 11 is 7.62. The van der Waals surface area contributed by atoms with E-state index in [1.165, 1.54) is 6.07 Å². The smallest absolute Gasteiger partial charge is 0.128 e. The van der Waals surface area contributed by atoms with Gasteiger partial charge in [-0.1, -0.05) is 18.5 Å². The van der Waals surface area contributed by atoms with E-state index in [0.29, 0.717) is 15.8 Å². The molecule has 15 heavy (non-hydrogen) atoms. The molecule has 1 N–H and O–H groups in total. The van der Waals surface area contributed by atoms with Gasteiger partial charge in [0.05, 0.1) is 5.37 Å². The second-order valence-electron chi connectivity index (χ2n) is 3.74. The monoisotopic (exact) mass is 245 g/mol. The van der Waals surface area contributed by atoms with Gasteiger partial charge in [0.2, 0.25) is 0 Å². The van der Waals surface area contributed by atoms with Crippen molar-refractivity contribution in [1.29, 1.82) is 0 Å². The summed E-state index contributed by atoms with van der Waals surface area (Å²) in [7, 11) is 0. The number of hydrogen-bond acceptors (Lipinski definition) is 2. The molecule has 4 heteroatoms. The highest BCUT2D eigenvalue weighted by Crippen LogP contribution is 2.36. The maximum atomic E-state index is 13.6. The van der Waals surface area contributed by atoms with Crippen LogP contribution in [0.2, 0.25) is 5.02 Å². The maximum absolute atomic E-state index is 13.6. The van der Waals surface area contributed by atoms with E-state index in [1.807, 2.05) is 0 Å². The highest BCUT2D eigenvalue weighted by Gasteiger charge is 2.22. The standard InChI is InChI=1S/C11H13ClFNS/c1-7-4-5-14-11(15-7)9-6-8(12)2-3-10(9)13/h2-3,6-7,11,14H,4-5H2,1H3. The lowest BCUT2D eigenvalue weighted by Crippen LogP contribution is -2.29. The Bertz CT molecular complexity index is 358. The lowest BCUT2D eigenvalue weighted by atomic mass is 10.2. The summed E-state index contributed by atoms with van der Waals surface area (Å²) in [5.74, 6) is -0.182. The minimum absolute atomic E-state index is 0.0347. The van der Waals surface area contributed by atoms with Crippen molar-refractivity contribution in [2.45, 2.75) is 24.0 Å². The molecule has 1 heterocycles. The number of halogens is 2. The van der Waals surface area contributed by atoms with Crippen LogP contribution in [-0.4, -0.2) is 11.8 Å². The van der Waals surface area contributed by atoms with Crippen LogP contribution in [0.4, 0.5) is 4.39 Å². The van der Waals surface area contributed by atoms with Crippen molar-refractivity contribution in [2.75, 3.05) is 6.54 Å². The van der Waals surface area contributed by atoms with Crippen LogP contribution in [0.3, 0.4) is 0 Å². The molecule has 0 aliphatic carbocycles. The first-order chi connectivity index (χ1) is 7.16. The quantitative estimate of drug-likeness (QED) is 0.812. The Kier molecular flexibility index (Phi) is 3.54. The lowest BCUT2D eigenvalue weighted by Gasteiger charge is -2.28. The van der Waals surface area contributed by atoms with Crippen LogP contribution >= 0.6 is 23.4 Å². The second kappa shape index (κ2) is 4.73. The molecule has 0 radical (unpaired) electrons. The van der Waals surface area contributed by atoms with Crippen LogP contribution in [0.5, 0.6) is 0 Å². The summed E-state index contributed by atoms with van der Waals surface area (Å²) in [6.45, 7) is 3.10. The Morgan fingerprint density at radius 3 is 3.07 bits per heavy atom. The van der Waals surface area contributed by atoms with Crippen LogP contribution < -0.4 is 5.32 Å². The van der Waals surface area contributed by atoms with Gasteiger partial charge in [-0.25, -0.2) is 4.39 Å². The number of benzene rings is 1. The second-order valence-corrected chi connectivity index (χ2v) is 5.72. The zero-order chi connectivity index (χ0) is 10.8. The zero-order valence-corrected chi connectivity index (χ0v) is 10.0. The first-order valence-electron chi connectivity index (χ1n) is 5.00. The largest absolute Gasteiger partial charge is 0.302 e. The summed E-state index contributed by atoms with van der Waals surface area (Å²) in [4.78, 5) is 0. The number of rotatable bonds is 1. The van der Waals surface area contributed by atoms with Crippen molar-refractivity contribution in [3.63, 3.8) is 0 Å². The topological polar surface area (TPSA) is 12.0 Å². The fourth-order valence-corrected chi connectivity index (χ4v) is 3.11. The molecule has 1 aromatic rings. The van der Waals surface area contributed by atoms with E-state index in [4.69, 9.17) is 11.6 Å². The van der Waals surface area contributed by atoms with E-state index >= 15 is 0 Å². The number of thioether (sulfide) groups is 1. The molecule has 0 aromatic heterocycles. The molecule has 0 saturated carbocycles. The Hall–Kier alpha value is -0.250. The molecule has 0 spiro atoms. The van der Waals surface area contributed by atoms with Crippen molar-refractivity contribution in [2.24, 2.45) is 0 Å². The van der Waals surface area contributed by atoms with E-state index in [0.717, 1.165) is 13.0 Å². The van der Waals surface area contributed by atoms with Gasteiger partial charge in [0.25, 0.3) is 0 Å². The minimum Gasteiger partial charge on any atom is -0.302 e. The molecule has 1 nitrogen and oxygen atoms in total. The summed E-state index contributed by atoms with van der Waals surface area (Å²) < 4.78 is 13.6. The maximum Gasteiger partial charge on any atom is 0.128 e. The van der Waals surface area contributed by atoms with Gasteiger partial charge in [-0.15, -0.1) is 11.8 Å². The van der Waals surface area contributed by atoms with Crippen molar-refractivity contribution in [1.82, 2.24) is 5.32 Å². The molecular weight excluding hydrogens is 233 g/mol. The van der Waals surface area contributed by atoms with Crippen molar-refractivity contribution < 1.29 is 4.39 Å². The SMILES string of the molecule is CC1CCNC(c2cc(Cl)ccc2F)S1. The first-order valence-corrected chi connectivity index (χ1v) is 6.32. The number of nitrogens with one attached hydrogen (secondary N) is 1. The van der Waals surface area contributed by atoms with E-state index < -0.39 is 0 Å². The fraction of sp³-hybridized carbons (Fsp3) is 0.455. The molecule has 0 bridgehead atoms. The van der Waals surface area contributed by atoms with E-state index in [2.05, 4.69) is 12.2 Å². The molecule has 2 atom stereocenters. The number of hydrogen-bond donors (Lipinski definition) is 1. The predicted octanol–water partition coefficient (Wildman–Crippen LogP) is 3.59. The van der Waals surface area contributed by atoms with Crippen LogP contribution in [0.15, 0.2) is 18.2 Å². The van der Waals surface area contributed by atoms with E-state index in [9.17, 15) is 4.39 Å². The fourth-order valence-electron chi connectivity index (χ4n) is 1.66. The average Bonchev–Trinajstić information content (AvgIpc) is 2.22. The Balaban J connectivity index is 2.24. The van der Waals surface area contributed by atoms with E-state index in [1.54, 1.807) is 23.9 Å². The Morgan fingerprint density at radius 2 is 2.33 bits per heavy atom. The predicted molar refractivity (Wildman–Crippen MR) is 63.8 cm³/mol. The van der Waals surface area contributed by atoms with Crippen LogP contribution in [-0.2, 0) is 0 Å². The third kappa shape index (κ3) is 2.65.